The van der Waals surface area contributed by atoms with Crippen molar-refractivity contribution < 1.29 is 28.5 Å². The average molecular weight is 385 g/mol. The Hall–Kier alpha value is -3.06. The Morgan fingerprint density at radius 3 is 2.14 bits per heavy atom. The normalized spacial score (nSPS) is 14.9. The van der Waals surface area contributed by atoms with Crippen molar-refractivity contribution in [2.45, 2.75) is 6.10 Å². The van der Waals surface area contributed by atoms with Crippen LogP contribution in [0.1, 0.15) is 22.0 Å². The van der Waals surface area contributed by atoms with E-state index in [-0.39, 0.29) is 11.5 Å². The molecule has 1 atom stereocenters. The van der Waals surface area contributed by atoms with Crippen LogP contribution in [0.25, 0.3) is 0 Å². The predicted octanol–water partition coefficient (Wildman–Crippen LogP) is 2.46. The fourth-order valence-electron chi connectivity index (χ4n) is 2.94. The van der Waals surface area contributed by atoms with Gasteiger partial charge in [-0.05, 0) is 12.1 Å². The number of ether oxygens (including phenoxy) is 4. The molecule has 0 radical (unpaired) electrons. The van der Waals surface area contributed by atoms with E-state index in [4.69, 9.17) is 18.9 Å². The molecule has 1 fully saturated rings. The number of carbonyl (C=O) groups excluding carboxylic acids is 2. The van der Waals surface area contributed by atoms with Gasteiger partial charge in [0.05, 0.1) is 33.0 Å². The second-order valence-corrected chi connectivity index (χ2v) is 6.24. The standard InChI is InChI=1S/C21H23NO6/c1-25-17-12-16(13-18(14-17)26-2)21(24)28-19(15-6-4-3-5-7-15)20(23)22-8-10-27-11-9-22/h3-7,12-14,19H,8-11H2,1-2H3. The summed E-state index contributed by atoms with van der Waals surface area (Å²) in [5, 5.41) is 0. The lowest BCUT2D eigenvalue weighted by Gasteiger charge is -2.30. The van der Waals surface area contributed by atoms with E-state index in [1.54, 1.807) is 47.4 Å². The average Bonchev–Trinajstić information content (AvgIpc) is 2.77. The first-order chi connectivity index (χ1) is 13.6. The van der Waals surface area contributed by atoms with Crippen LogP contribution in [0.15, 0.2) is 48.5 Å². The number of rotatable bonds is 6. The van der Waals surface area contributed by atoms with Gasteiger partial charge in [0.2, 0.25) is 6.10 Å². The molecule has 0 N–H and O–H groups in total. The van der Waals surface area contributed by atoms with E-state index in [1.807, 2.05) is 6.07 Å². The van der Waals surface area contributed by atoms with Gasteiger partial charge in [-0.15, -0.1) is 0 Å². The van der Waals surface area contributed by atoms with Gasteiger partial charge in [0.1, 0.15) is 11.5 Å². The van der Waals surface area contributed by atoms with Crippen molar-refractivity contribution in [3.05, 3.63) is 59.7 Å². The SMILES string of the molecule is COc1cc(OC)cc(C(=O)OC(C(=O)N2CCOCC2)c2ccccc2)c1. The molecule has 1 unspecified atom stereocenters. The van der Waals surface area contributed by atoms with Crippen LogP contribution in [0.4, 0.5) is 0 Å². The minimum atomic E-state index is -1.04. The van der Waals surface area contributed by atoms with Gasteiger partial charge >= 0.3 is 5.97 Å². The van der Waals surface area contributed by atoms with Gasteiger partial charge in [-0.2, -0.15) is 0 Å². The summed E-state index contributed by atoms with van der Waals surface area (Å²) < 4.78 is 21.4. The van der Waals surface area contributed by atoms with E-state index >= 15 is 0 Å². The quantitative estimate of drug-likeness (QED) is 0.711. The molecule has 0 saturated carbocycles. The molecule has 1 aliphatic rings. The summed E-state index contributed by atoms with van der Waals surface area (Å²) in [6, 6.07) is 13.7. The molecule has 2 aromatic carbocycles. The van der Waals surface area contributed by atoms with E-state index < -0.39 is 12.1 Å². The third kappa shape index (κ3) is 4.61. The highest BCUT2D eigenvalue weighted by Crippen LogP contribution is 2.26. The zero-order valence-corrected chi connectivity index (χ0v) is 15.9. The predicted molar refractivity (Wildman–Crippen MR) is 102 cm³/mol. The Morgan fingerprint density at radius 1 is 0.964 bits per heavy atom. The molecule has 0 bridgehead atoms. The molecule has 3 rings (SSSR count). The summed E-state index contributed by atoms with van der Waals surface area (Å²) in [7, 11) is 3.00. The van der Waals surface area contributed by atoms with Crippen LogP contribution < -0.4 is 9.47 Å². The smallest absolute Gasteiger partial charge is 0.339 e. The van der Waals surface area contributed by atoms with Crippen molar-refractivity contribution in [1.29, 1.82) is 0 Å². The number of hydrogen-bond donors (Lipinski definition) is 0. The lowest BCUT2D eigenvalue weighted by Crippen LogP contribution is -2.44. The largest absolute Gasteiger partial charge is 0.497 e. The molecule has 28 heavy (non-hydrogen) atoms. The second kappa shape index (κ2) is 9.23. The number of esters is 1. The van der Waals surface area contributed by atoms with Crippen LogP contribution in [-0.2, 0) is 14.3 Å². The number of nitrogens with zero attached hydrogens (tertiary/aromatic N) is 1. The van der Waals surface area contributed by atoms with Gasteiger partial charge in [0.15, 0.2) is 0 Å². The molecule has 0 spiro atoms. The Bertz CT molecular complexity index is 795. The minimum absolute atomic E-state index is 0.243. The monoisotopic (exact) mass is 385 g/mol. The van der Waals surface area contributed by atoms with Gasteiger partial charge in [0.25, 0.3) is 5.91 Å². The molecular formula is C21H23NO6. The van der Waals surface area contributed by atoms with Crippen LogP contribution in [0.2, 0.25) is 0 Å². The fraction of sp³-hybridized carbons (Fsp3) is 0.333. The van der Waals surface area contributed by atoms with Crippen LogP contribution in [0, 0.1) is 0 Å². The first-order valence-electron chi connectivity index (χ1n) is 8.98. The Kier molecular flexibility index (Phi) is 6.49. The molecule has 7 heteroatoms. The van der Waals surface area contributed by atoms with Crippen molar-refractivity contribution in [2.24, 2.45) is 0 Å². The highest BCUT2D eigenvalue weighted by molar-refractivity contribution is 5.93. The number of hydrogen-bond acceptors (Lipinski definition) is 6. The summed E-state index contributed by atoms with van der Waals surface area (Å²) in [6.45, 7) is 1.86. The molecule has 1 amide bonds. The van der Waals surface area contributed by atoms with Crippen LogP contribution in [0.3, 0.4) is 0 Å². The molecule has 0 aliphatic carbocycles. The molecule has 1 aliphatic heterocycles. The van der Waals surface area contributed by atoms with E-state index in [0.717, 1.165) is 0 Å². The van der Waals surface area contributed by atoms with E-state index in [9.17, 15) is 9.59 Å². The summed E-state index contributed by atoms with van der Waals surface area (Å²) in [5.74, 6) is 0.0227. The maximum atomic E-state index is 13.1. The summed E-state index contributed by atoms with van der Waals surface area (Å²) in [4.78, 5) is 27.5. The lowest BCUT2D eigenvalue weighted by molar-refractivity contribution is -0.145. The van der Waals surface area contributed by atoms with Crippen LogP contribution in [0.5, 0.6) is 11.5 Å². The first-order valence-corrected chi connectivity index (χ1v) is 8.98. The fourth-order valence-corrected chi connectivity index (χ4v) is 2.94. The van der Waals surface area contributed by atoms with Crippen LogP contribution >= 0.6 is 0 Å². The highest BCUT2D eigenvalue weighted by Gasteiger charge is 2.31. The summed E-state index contributed by atoms with van der Waals surface area (Å²) in [6.07, 6.45) is -1.04. The summed E-state index contributed by atoms with van der Waals surface area (Å²) >= 11 is 0. The maximum Gasteiger partial charge on any atom is 0.339 e. The van der Waals surface area contributed by atoms with Crippen molar-refractivity contribution in [2.75, 3.05) is 40.5 Å². The molecule has 2 aromatic rings. The number of morpholine rings is 1. The van der Waals surface area contributed by atoms with Crippen molar-refractivity contribution >= 4 is 11.9 Å². The Morgan fingerprint density at radius 2 is 1.57 bits per heavy atom. The number of carbonyl (C=O) groups is 2. The summed E-state index contributed by atoms with van der Waals surface area (Å²) in [5.41, 5.74) is 0.856. The highest BCUT2D eigenvalue weighted by atomic mass is 16.5. The van der Waals surface area contributed by atoms with Gasteiger partial charge in [0, 0.05) is 24.7 Å². The van der Waals surface area contributed by atoms with Crippen molar-refractivity contribution in [3.63, 3.8) is 0 Å². The van der Waals surface area contributed by atoms with Crippen molar-refractivity contribution in [1.82, 2.24) is 4.90 Å². The van der Waals surface area contributed by atoms with Gasteiger partial charge in [-0.3, -0.25) is 4.79 Å². The molecule has 1 heterocycles. The number of methoxy groups -OCH3 is 2. The van der Waals surface area contributed by atoms with E-state index in [1.165, 1.54) is 14.2 Å². The maximum absolute atomic E-state index is 13.1. The van der Waals surface area contributed by atoms with Crippen LogP contribution in [-0.4, -0.2) is 57.3 Å². The zero-order chi connectivity index (χ0) is 19.9. The zero-order valence-electron chi connectivity index (χ0n) is 15.9. The third-order valence-corrected chi connectivity index (χ3v) is 4.46. The minimum Gasteiger partial charge on any atom is -0.497 e. The first kappa shape index (κ1) is 19.7. The molecule has 148 valence electrons. The Balaban J connectivity index is 1.87. The number of amides is 1. The molecule has 7 nitrogen and oxygen atoms in total. The van der Waals surface area contributed by atoms with E-state index in [0.29, 0.717) is 43.4 Å². The molecular weight excluding hydrogens is 362 g/mol. The second-order valence-electron chi connectivity index (χ2n) is 6.24. The van der Waals surface area contributed by atoms with Gasteiger partial charge in [-0.25, -0.2) is 4.79 Å². The topological polar surface area (TPSA) is 74.3 Å². The van der Waals surface area contributed by atoms with Gasteiger partial charge in [-0.1, -0.05) is 30.3 Å². The Labute approximate surface area is 163 Å². The molecule has 0 aromatic heterocycles. The third-order valence-electron chi connectivity index (χ3n) is 4.46. The lowest BCUT2D eigenvalue weighted by atomic mass is 10.1. The van der Waals surface area contributed by atoms with E-state index in [2.05, 4.69) is 0 Å². The molecule has 1 saturated heterocycles. The number of benzene rings is 2. The van der Waals surface area contributed by atoms with Crippen molar-refractivity contribution in [3.8, 4) is 11.5 Å². The van der Waals surface area contributed by atoms with Gasteiger partial charge < -0.3 is 23.8 Å².